The SMILES string of the molecule is Cc1sc(CN(CCCc2ccccc2)C(=O)C2(c3ccc(OCCF)cc3)CC2)nc1C(=O)NS(=O)(=O)N(C)C. The number of amides is 2. The molecule has 0 radical (unpaired) electrons. The molecule has 4 rings (SSSR count). The highest BCUT2D eigenvalue weighted by atomic mass is 32.2. The third kappa shape index (κ3) is 7.49. The molecule has 1 aromatic heterocycles. The maximum atomic E-state index is 14.1. The Hall–Kier alpha value is -3.35. The van der Waals surface area contributed by atoms with E-state index in [0.717, 1.165) is 22.7 Å². The van der Waals surface area contributed by atoms with Crippen LogP contribution < -0.4 is 9.46 Å². The number of aromatic nitrogens is 1. The van der Waals surface area contributed by atoms with Crippen LogP contribution in [-0.2, 0) is 33.4 Å². The van der Waals surface area contributed by atoms with Crippen LogP contribution in [0.25, 0.3) is 0 Å². The van der Waals surface area contributed by atoms with E-state index in [2.05, 4.69) is 17.1 Å². The molecule has 0 aliphatic heterocycles. The second kappa shape index (κ2) is 13.1. The van der Waals surface area contributed by atoms with Gasteiger partial charge < -0.3 is 9.64 Å². The molecule has 0 atom stereocenters. The molecule has 41 heavy (non-hydrogen) atoms. The first-order chi connectivity index (χ1) is 19.6. The van der Waals surface area contributed by atoms with Gasteiger partial charge in [-0.1, -0.05) is 42.5 Å². The zero-order valence-corrected chi connectivity index (χ0v) is 25.1. The lowest BCUT2D eigenvalue weighted by Gasteiger charge is -2.27. The van der Waals surface area contributed by atoms with Gasteiger partial charge in [0.1, 0.15) is 29.7 Å². The molecular weight excluding hydrogens is 567 g/mol. The fraction of sp³-hybridized carbons (Fsp3) is 0.414. The van der Waals surface area contributed by atoms with Gasteiger partial charge in [0, 0.05) is 25.5 Å². The molecule has 9 nitrogen and oxygen atoms in total. The molecule has 1 saturated carbocycles. The van der Waals surface area contributed by atoms with E-state index >= 15 is 0 Å². The summed E-state index contributed by atoms with van der Waals surface area (Å²) in [5.74, 6) is -0.277. The molecular formula is C29H35FN4O5S2. The van der Waals surface area contributed by atoms with Gasteiger partial charge in [0.15, 0.2) is 0 Å². The molecule has 0 unspecified atom stereocenters. The number of nitrogens with one attached hydrogen (secondary N) is 1. The number of halogens is 1. The largest absolute Gasteiger partial charge is 0.491 e. The minimum absolute atomic E-state index is 0.0166. The van der Waals surface area contributed by atoms with Gasteiger partial charge in [0.05, 0.1) is 12.0 Å². The summed E-state index contributed by atoms with van der Waals surface area (Å²) in [6.07, 6.45) is 2.95. The van der Waals surface area contributed by atoms with Crippen molar-refractivity contribution in [3.05, 3.63) is 81.3 Å². The molecule has 3 aromatic rings. The number of carbonyl (C=O) groups excluding carboxylic acids is 2. The third-order valence-electron chi connectivity index (χ3n) is 7.02. The Morgan fingerprint density at radius 1 is 1.10 bits per heavy atom. The number of carbonyl (C=O) groups is 2. The van der Waals surface area contributed by atoms with Gasteiger partial charge in [0.25, 0.3) is 5.91 Å². The highest BCUT2D eigenvalue weighted by molar-refractivity contribution is 7.87. The highest BCUT2D eigenvalue weighted by Crippen LogP contribution is 2.50. The zero-order valence-electron chi connectivity index (χ0n) is 23.4. The number of benzene rings is 2. The number of ether oxygens (including phenoxy) is 1. The molecule has 1 fully saturated rings. The normalized spacial score (nSPS) is 14.1. The summed E-state index contributed by atoms with van der Waals surface area (Å²) in [6.45, 7) is 1.80. The van der Waals surface area contributed by atoms with Crippen molar-refractivity contribution in [2.24, 2.45) is 0 Å². The Balaban J connectivity index is 1.54. The van der Waals surface area contributed by atoms with E-state index in [4.69, 9.17) is 4.74 Å². The molecule has 12 heteroatoms. The molecule has 1 aliphatic carbocycles. The van der Waals surface area contributed by atoms with Crippen LogP contribution in [0.4, 0.5) is 4.39 Å². The van der Waals surface area contributed by atoms with Crippen molar-refractivity contribution in [1.29, 1.82) is 0 Å². The van der Waals surface area contributed by atoms with E-state index in [1.807, 2.05) is 35.1 Å². The van der Waals surface area contributed by atoms with Gasteiger partial charge in [-0.15, -0.1) is 11.3 Å². The van der Waals surface area contributed by atoms with E-state index in [9.17, 15) is 22.4 Å². The van der Waals surface area contributed by atoms with Gasteiger partial charge in [-0.2, -0.15) is 12.7 Å². The summed E-state index contributed by atoms with van der Waals surface area (Å²) in [6, 6.07) is 17.3. The number of alkyl halides is 1. The molecule has 1 N–H and O–H groups in total. The van der Waals surface area contributed by atoms with Gasteiger partial charge in [-0.25, -0.2) is 14.1 Å². The Morgan fingerprint density at radius 2 is 1.78 bits per heavy atom. The molecule has 1 aliphatic rings. The van der Waals surface area contributed by atoms with Gasteiger partial charge in [-0.3, -0.25) is 9.59 Å². The van der Waals surface area contributed by atoms with E-state index in [1.165, 1.54) is 31.0 Å². The summed E-state index contributed by atoms with van der Waals surface area (Å²) >= 11 is 1.27. The fourth-order valence-corrected chi connectivity index (χ4v) is 6.06. The molecule has 2 amide bonds. The van der Waals surface area contributed by atoms with E-state index in [1.54, 1.807) is 24.0 Å². The van der Waals surface area contributed by atoms with Gasteiger partial charge >= 0.3 is 10.2 Å². The van der Waals surface area contributed by atoms with Gasteiger partial charge in [0.2, 0.25) is 5.91 Å². The van der Waals surface area contributed by atoms with E-state index < -0.39 is 28.2 Å². The van der Waals surface area contributed by atoms with Crippen LogP contribution in [0.3, 0.4) is 0 Å². The second-order valence-corrected chi connectivity index (χ2v) is 13.4. The van der Waals surface area contributed by atoms with Crippen LogP contribution in [-0.4, -0.2) is 68.3 Å². The third-order valence-corrected chi connectivity index (χ3v) is 9.38. The summed E-state index contributed by atoms with van der Waals surface area (Å²) in [5, 5.41) is 0.550. The molecule has 2 aromatic carbocycles. The number of rotatable bonds is 14. The van der Waals surface area contributed by atoms with Crippen molar-refractivity contribution in [3.63, 3.8) is 0 Å². The van der Waals surface area contributed by atoms with Crippen molar-refractivity contribution in [2.75, 3.05) is 33.9 Å². The lowest BCUT2D eigenvalue weighted by Crippen LogP contribution is -2.40. The van der Waals surface area contributed by atoms with E-state index in [0.29, 0.717) is 35.0 Å². The maximum absolute atomic E-state index is 14.1. The summed E-state index contributed by atoms with van der Waals surface area (Å²) < 4.78 is 45.1. The first kappa shape index (κ1) is 30.6. The minimum atomic E-state index is -3.97. The van der Waals surface area contributed by atoms with Crippen LogP contribution in [0, 0.1) is 6.92 Å². The molecule has 1 heterocycles. The highest BCUT2D eigenvalue weighted by Gasteiger charge is 2.53. The lowest BCUT2D eigenvalue weighted by molar-refractivity contribution is -0.134. The fourth-order valence-electron chi connectivity index (χ4n) is 4.60. The molecule has 0 saturated heterocycles. The van der Waals surface area contributed by atoms with Crippen molar-refractivity contribution in [3.8, 4) is 5.75 Å². The summed E-state index contributed by atoms with van der Waals surface area (Å²) in [4.78, 5) is 33.6. The van der Waals surface area contributed by atoms with Crippen LogP contribution in [0.5, 0.6) is 5.75 Å². The molecule has 0 spiro atoms. The molecule has 0 bridgehead atoms. The topological polar surface area (TPSA) is 109 Å². The summed E-state index contributed by atoms with van der Waals surface area (Å²) in [5.41, 5.74) is 1.43. The van der Waals surface area contributed by atoms with E-state index in [-0.39, 0.29) is 24.8 Å². The predicted octanol–water partition coefficient (Wildman–Crippen LogP) is 4.03. The summed E-state index contributed by atoms with van der Waals surface area (Å²) in [7, 11) is -1.32. The number of aryl methyl sites for hydroxylation is 2. The van der Waals surface area contributed by atoms with Crippen molar-refractivity contribution in [2.45, 2.75) is 44.6 Å². The maximum Gasteiger partial charge on any atom is 0.303 e. The monoisotopic (exact) mass is 602 g/mol. The van der Waals surface area contributed by atoms with Crippen LogP contribution in [0.1, 0.15) is 50.8 Å². The van der Waals surface area contributed by atoms with Crippen molar-refractivity contribution >= 4 is 33.4 Å². The lowest BCUT2D eigenvalue weighted by atomic mass is 9.94. The first-order valence-corrected chi connectivity index (χ1v) is 15.6. The predicted molar refractivity (Wildman–Crippen MR) is 156 cm³/mol. The van der Waals surface area contributed by atoms with Crippen LogP contribution >= 0.6 is 11.3 Å². The standard InChI is InChI=1S/C29H35FN4O5S2/c1-21-26(27(35)32-41(37,38)33(2)3)31-25(40-21)20-34(18-7-10-22-8-5-4-6-9-22)28(36)29(15-16-29)23-11-13-24(14-12-23)39-19-17-30/h4-6,8-9,11-14H,7,10,15-20H2,1-3H3,(H,32,35). The minimum Gasteiger partial charge on any atom is -0.491 e. The quantitative estimate of drug-likeness (QED) is 0.299. The first-order valence-electron chi connectivity index (χ1n) is 13.4. The van der Waals surface area contributed by atoms with Crippen molar-refractivity contribution in [1.82, 2.24) is 18.9 Å². The smallest absolute Gasteiger partial charge is 0.303 e. The Morgan fingerprint density at radius 3 is 2.39 bits per heavy atom. The number of nitrogens with zero attached hydrogens (tertiary/aromatic N) is 3. The average molecular weight is 603 g/mol. The number of hydrogen-bond donors (Lipinski definition) is 1. The second-order valence-electron chi connectivity index (χ2n) is 10.2. The average Bonchev–Trinajstić information content (AvgIpc) is 3.68. The van der Waals surface area contributed by atoms with Gasteiger partial charge in [-0.05, 0) is 55.9 Å². The zero-order chi connectivity index (χ0) is 29.6. The molecule has 220 valence electrons. The van der Waals surface area contributed by atoms with Crippen LogP contribution in [0.15, 0.2) is 54.6 Å². The number of hydrogen-bond acceptors (Lipinski definition) is 7. The Labute approximate surface area is 244 Å². The Bertz CT molecular complexity index is 1460. The van der Waals surface area contributed by atoms with Crippen molar-refractivity contribution < 1.29 is 27.1 Å². The Kier molecular flexibility index (Phi) is 9.77. The number of thiazole rings is 1. The van der Waals surface area contributed by atoms with Crippen LogP contribution in [0.2, 0.25) is 0 Å².